The fraction of sp³-hybridized carbons (Fsp3) is 0.280. The van der Waals surface area contributed by atoms with Gasteiger partial charge in [0.1, 0.15) is 12.4 Å². The second kappa shape index (κ2) is 9.48. The number of aryl methyl sites for hydroxylation is 1. The minimum atomic E-state index is -0.909. The van der Waals surface area contributed by atoms with E-state index in [0.717, 1.165) is 0 Å². The lowest BCUT2D eigenvalue weighted by atomic mass is 9.90. The number of para-hydroxylation sites is 1. The Morgan fingerprint density at radius 3 is 2.50 bits per heavy atom. The van der Waals surface area contributed by atoms with Crippen molar-refractivity contribution < 1.29 is 29.1 Å². The third-order valence-corrected chi connectivity index (χ3v) is 5.48. The molecule has 176 valence electrons. The first-order chi connectivity index (χ1) is 16.3. The Morgan fingerprint density at radius 2 is 1.88 bits per heavy atom. The number of ketones is 1. The SMILES string of the molecule is Cc1noc(-c2ccc(N3C(=O)C(O)=C(C(=O)C(C)C)C3c3ccccc3OCCO)cc2)n1. The summed E-state index contributed by atoms with van der Waals surface area (Å²) in [5.74, 6) is -0.813. The number of aliphatic hydroxyl groups is 2. The van der Waals surface area contributed by atoms with Gasteiger partial charge in [0.2, 0.25) is 0 Å². The Hall–Kier alpha value is -3.98. The number of aliphatic hydroxyl groups excluding tert-OH is 2. The van der Waals surface area contributed by atoms with Crippen molar-refractivity contribution >= 4 is 17.4 Å². The Bertz CT molecular complexity index is 1250. The maximum absolute atomic E-state index is 13.3. The number of hydrogen-bond donors (Lipinski definition) is 2. The van der Waals surface area contributed by atoms with E-state index in [1.807, 2.05) is 0 Å². The van der Waals surface area contributed by atoms with Crippen LogP contribution in [-0.2, 0) is 9.59 Å². The third-order valence-electron chi connectivity index (χ3n) is 5.48. The van der Waals surface area contributed by atoms with Crippen molar-refractivity contribution in [2.24, 2.45) is 5.92 Å². The van der Waals surface area contributed by atoms with Gasteiger partial charge in [0.15, 0.2) is 17.4 Å². The molecule has 3 aromatic rings. The quantitative estimate of drug-likeness (QED) is 0.520. The molecule has 0 spiro atoms. The Balaban J connectivity index is 1.82. The van der Waals surface area contributed by atoms with E-state index in [-0.39, 0.29) is 24.6 Å². The highest BCUT2D eigenvalue weighted by Gasteiger charge is 2.45. The number of Topliss-reactive ketones (excluding diaryl/α,β-unsaturated/α-hetero) is 1. The van der Waals surface area contributed by atoms with Gasteiger partial charge in [-0.3, -0.25) is 14.5 Å². The van der Waals surface area contributed by atoms with Gasteiger partial charge in [0, 0.05) is 22.7 Å². The first-order valence-electron chi connectivity index (χ1n) is 10.9. The van der Waals surface area contributed by atoms with Gasteiger partial charge in [-0.05, 0) is 37.3 Å². The van der Waals surface area contributed by atoms with Crippen LogP contribution in [0.5, 0.6) is 5.75 Å². The van der Waals surface area contributed by atoms with Gasteiger partial charge in [-0.25, -0.2) is 0 Å². The van der Waals surface area contributed by atoms with Gasteiger partial charge in [-0.15, -0.1) is 0 Å². The molecule has 0 aliphatic carbocycles. The minimum Gasteiger partial charge on any atom is -0.503 e. The maximum Gasteiger partial charge on any atom is 0.294 e. The molecular formula is C25H25N3O6. The highest BCUT2D eigenvalue weighted by atomic mass is 16.5. The molecular weight excluding hydrogens is 438 g/mol. The van der Waals surface area contributed by atoms with Crippen LogP contribution in [0.1, 0.15) is 31.3 Å². The Morgan fingerprint density at radius 1 is 1.18 bits per heavy atom. The molecule has 9 heteroatoms. The lowest BCUT2D eigenvalue weighted by Crippen LogP contribution is -2.31. The van der Waals surface area contributed by atoms with Crippen molar-refractivity contribution in [1.29, 1.82) is 0 Å². The van der Waals surface area contributed by atoms with Gasteiger partial charge in [0.25, 0.3) is 11.8 Å². The van der Waals surface area contributed by atoms with E-state index < -0.39 is 23.6 Å². The number of carbonyl (C=O) groups excluding carboxylic acids is 2. The van der Waals surface area contributed by atoms with E-state index in [9.17, 15) is 19.8 Å². The van der Waals surface area contributed by atoms with Crippen LogP contribution >= 0.6 is 0 Å². The number of benzene rings is 2. The predicted octanol–water partition coefficient (Wildman–Crippen LogP) is 3.54. The fourth-order valence-electron chi connectivity index (χ4n) is 3.90. The molecule has 0 saturated heterocycles. The van der Waals surface area contributed by atoms with Gasteiger partial charge in [-0.2, -0.15) is 4.98 Å². The van der Waals surface area contributed by atoms with E-state index in [4.69, 9.17) is 9.26 Å². The van der Waals surface area contributed by atoms with Crippen molar-refractivity contribution in [3.63, 3.8) is 0 Å². The van der Waals surface area contributed by atoms with E-state index in [1.165, 1.54) is 4.90 Å². The summed E-state index contributed by atoms with van der Waals surface area (Å²) in [5, 5.41) is 23.8. The standard InChI is InChI=1S/C25H25N3O6/c1-14(2)22(30)20-21(18-6-4-5-7-19(18)33-13-12-29)28(25(32)23(20)31)17-10-8-16(9-11-17)24-26-15(3)27-34-24/h4-11,14,21,29,31H,12-13H2,1-3H3. The molecule has 1 unspecified atom stereocenters. The number of ether oxygens (including phenoxy) is 1. The molecule has 34 heavy (non-hydrogen) atoms. The van der Waals surface area contributed by atoms with Crippen LogP contribution in [0.15, 0.2) is 64.4 Å². The molecule has 1 amide bonds. The number of anilines is 1. The Labute approximate surface area is 196 Å². The summed E-state index contributed by atoms with van der Waals surface area (Å²) in [6.07, 6.45) is 0. The number of rotatable bonds is 8. The molecule has 2 heterocycles. The van der Waals surface area contributed by atoms with Gasteiger partial charge in [0.05, 0.1) is 18.2 Å². The van der Waals surface area contributed by atoms with E-state index in [0.29, 0.717) is 34.3 Å². The largest absolute Gasteiger partial charge is 0.503 e. The predicted molar refractivity (Wildman–Crippen MR) is 123 cm³/mol. The first kappa shape index (κ1) is 23.2. The lowest BCUT2D eigenvalue weighted by Gasteiger charge is -2.28. The molecule has 4 rings (SSSR count). The van der Waals surface area contributed by atoms with E-state index in [2.05, 4.69) is 10.1 Å². The molecule has 0 saturated carbocycles. The van der Waals surface area contributed by atoms with Gasteiger partial charge >= 0.3 is 0 Å². The van der Waals surface area contributed by atoms with Crippen LogP contribution < -0.4 is 9.64 Å². The summed E-state index contributed by atoms with van der Waals surface area (Å²) < 4.78 is 10.9. The molecule has 1 aromatic heterocycles. The van der Waals surface area contributed by atoms with E-state index in [1.54, 1.807) is 69.3 Å². The van der Waals surface area contributed by atoms with Gasteiger partial charge < -0.3 is 19.5 Å². The average Bonchev–Trinajstić information content (AvgIpc) is 3.38. The Kier molecular flexibility index (Phi) is 6.47. The summed E-state index contributed by atoms with van der Waals surface area (Å²) >= 11 is 0. The molecule has 2 aromatic carbocycles. The minimum absolute atomic E-state index is 0.0108. The van der Waals surface area contributed by atoms with Crippen molar-refractivity contribution in [2.75, 3.05) is 18.1 Å². The van der Waals surface area contributed by atoms with Crippen molar-refractivity contribution in [3.05, 3.63) is 71.3 Å². The van der Waals surface area contributed by atoms with Gasteiger partial charge in [-0.1, -0.05) is 37.2 Å². The number of amides is 1. The molecule has 1 atom stereocenters. The molecule has 2 N–H and O–H groups in total. The number of hydrogen-bond acceptors (Lipinski definition) is 8. The van der Waals surface area contributed by atoms with Crippen LogP contribution in [0.3, 0.4) is 0 Å². The maximum atomic E-state index is 13.3. The number of carbonyl (C=O) groups is 2. The molecule has 1 aliphatic rings. The smallest absolute Gasteiger partial charge is 0.294 e. The summed E-state index contributed by atoms with van der Waals surface area (Å²) in [6, 6.07) is 12.9. The summed E-state index contributed by atoms with van der Waals surface area (Å²) in [5.41, 5.74) is 1.66. The molecule has 9 nitrogen and oxygen atoms in total. The summed E-state index contributed by atoms with van der Waals surface area (Å²) in [6.45, 7) is 4.98. The van der Waals surface area contributed by atoms with Crippen LogP contribution in [0, 0.1) is 12.8 Å². The van der Waals surface area contributed by atoms with Crippen LogP contribution in [0.2, 0.25) is 0 Å². The van der Waals surface area contributed by atoms with Crippen molar-refractivity contribution in [3.8, 4) is 17.2 Å². The second-order valence-electron chi connectivity index (χ2n) is 8.16. The van der Waals surface area contributed by atoms with Crippen molar-refractivity contribution in [2.45, 2.75) is 26.8 Å². The number of nitrogens with zero attached hydrogens (tertiary/aromatic N) is 3. The molecule has 0 bridgehead atoms. The average molecular weight is 463 g/mol. The summed E-state index contributed by atoms with van der Waals surface area (Å²) in [7, 11) is 0. The zero-order valence-electron chi connectivity index (χ0n) is 19.1. The van der Waals surface area contributed by atoms with Crippen LogP contribution in [0.25, 0.3) is 11.5 Å². The van der Waals surface area contributed by atoms with Crippen LogP contribution in [0.4, 0.5) is 5.69 Å². The topological polar surface area (TPSA) is 126 Å². The van der Waals surface area contributed by atoms with Crippen LogP contribution in [-0.4, -0.2) is 45.3 Å². The first-order valence-corrected chi connectivity index (χ1v) is 10.9. The van der Waals surface area contributed by atoms with Crippen molar-refractivity contribution in [1.82, 2.24) is 10.1 Å². The van der Waals surface area contributed by atoms with E-state index >= 15 is 0 Å². The fourth-order valence-corrected chi connectivity index (χ4v) is 3.90. The molecule has 1 aliphatic heterocycles. The summed E-state index contributed by atoms with van der Waals surface area (Å²) in [4.78, 5) is 32.0. The highest BCUT2D eigenvalue weighted by Crippen LogP contribution is 2.44. The number of aromatic nitrogens is 2. The monoisotopic (exact) mass is 463 g/mol. The molecule has 0 fully saturated rings. The normalized spacial score (nSPS) is 16.0. The zero-order chi connectivity index (χ0) is 24.4. The highest BCUT2D eigenvalue weighted by molar-refractivity contribution is 6.17. The molecule has 0 radical (unpaired) electrons. The third kappa shape index (κ3) is 4.17. The zero-order valence-corrected chi connectivity index (χ0v) is 19.1. The second-order valence-corrected chi connectivity index (χ2v) is 8.16. The lowest BCUT2D eigenvalue weighted by molar-refractivity contribution is -0.119.